The second-order valence-electron chi connectivity index (χ2n) is 6.35. The molecule has 144 valence electrons. The summed E-state index contributed by atoms with van der Waals surface area (Å²) in [6.45, 7) is 1.20. The molecule has 3 aromatic rings. The number of amides is 1. The Bertz CT molecular complexity index is 1070. The summed E-state index contributed by atoms with van der Waals surface area (Å²) < 4.78 is 1.50. The van der Waals surface area contributed by atoms with Crippen LogP contribution in [0.2, 0.25) is 0 Å². The van der Waals surface area contributed by atoms with Gasteiger partial charge in [-0.1, -0.05) is 0 Å². The van der Waals surface area contributed by atoms with E-state index in [0.29, 0.717) is 24.6 Å². The zero-order valence-corrected chi connectivity index (χ0v) is 14.7. The number of anilines is 2. The average Bonchev–Trinajstić information content (AvgIpc) is 3.25. The van der Waals surface area contributed by atoms with E-state index in [2.05, 4.69) is 35.6 Å². The van der Waals surface area contributed by atoms with Crippen molar-refractivity contribution in [1.82, 2.24) is 34.9 Å². The SMILES string of the molecule is O=C(Nc1c[nH]c(=O)[nH]c1=O)C1CCCN(c2ccc(-n3cncn3)nn2)C1. The van der Waals surface area contributed by atoms with Gasteiger partial charge in [0, 0.05) is 19.3 Å². The van der Waals surface area contributed by atoms with E-state index in [0.717, 1.165) is 13.0 Å². The molecule has 28 heavy (non-hydrogen) atoms. The Hall–Kier alpha value is -3.83. The molecule has 3 N–H and O–H groups in total. The number of H-pyrrole nitrogens is 2. The molecule has 12 nitrogen and oxygen atoms in total. The molecule has 1 aliphatic heterocycles. The Kier molecular flexibility index (Phi) is 4.66. The average molecular weight is 383 g/mol. The highest BCUT2D eigenvalue weighted by molar-refractivity contribution is 5.92. The fraction of sp³-hybridized carbons (Fsp3) is 0.312. The van der Waals surface area contributed by atoms with Crippen molar-refractivity contribution in [1.29, 1.82) is 0 Å². The normalized spacial score (nSPS) is 16.7. The maximum Gasteiger partial charge on any atom is 0.325 e. The van der Waals surface area contributed by atoms with Gasteiger partial charge in [0.1, 0.15) is 18.3 Å². The van der Waals surface area contributed by atoms with Crippen LogP contribution in [0.25, 0.3) is 5.82 Å². The molecule has 0 aliphatic carbocycles. The third kappa shape index (κ3) is 3.65. The lowest BCUT2D eigenvalue weighted by atomic mass is 9.97. The summed E-state index contributed by atoms with van der Waals surface area (Å²) in [5.74, 6) is 0.597. The summed E-state index contributed by atoms with van der Waals surface area (Å²) in [5, 5.41) is 14.9. The molecule has 0 radical (unpaired) electrons. The van der Waals surface area contributed by atoms with Crippen molar-refractivity contribution in [2.75, 3.05) is 23.3 Å². The first-order valence-corrected chi connectivity index (χ1v) is 8.67. The van der Waals surface area contributed by atoms with Crippen LogP contribution in [0, 0.1) is 5.92 Å². The smallest absolute Gasteiger partial charge is 0.325 e. The van der Waals surface area contributed by atoms with Crippen molar-refractivity contribution in [3.63, 3.8) is 0 Å². The van der Waals surface area contributed by atoms with E-state index in [1.54, 1.807) is 6.07 Å². The third-order valence-electron chi connectivity index (χ3n) is 4.48. The maximum atomic E-state index is 12.6. The van der Waals surface area contributed by atoms with Crippen LogP contribution in [0.1, 0.15) is 12.8 Å². The maximum absolute atomic E-state index is 12.6. The van der Waals surface area contributed by atoms with Crippen LogP contribution in [-0.2, 0) is 4.79 Å². The summed E-state index contributed by atoms with van der Waals surface area (Å²) in [6.07, 6.45) is 5.62. The van der Waals surface area contributed by atoms with Gasteiger partial charge in [-0.25, -0.2) is 14.5 Å². The number of aromatic amines is 2. The highest BCUT2D eigenvalue weighted by Crippen LogP contribution is 2.22. The first-order valence-electron chi connectivity index (χ1n) is 8.67. The lowest BCUT2D eigenvalue weighted by Gasteiger charge is -2.32. The van der Waals surface area contributed by atoms with Crippen molar-refractivity contribution in [2.45, 2.75) is 12.8 Å². The Morgan fingerprint density at radius 1 is 1.21 bits per heavy atom. The standard InChI is InChI=1S/C16H17N9O3/c26-14(20-11-6-18-16(28)21-15(11)27)10-2-1-5-24(7-10)12-3-4-13(23-22-12)25-9-17-8-19-25/h3-4,6,8-10H,1-2,5,7H2,(H,20,26)(H2,18,21,27,28). The molecular weight excluding hydrogens is 366 g/mol. The number of nitrogens with zero attached hydrogens (tertiary/aromatic N) is 6. The quantitative estimate of drug-likeness (QED) is 0.534. The van der Waals surface area contributed by atoms with Gasteiger partial charge in [-0.05, 0) is 25.0 Å². The molecule has 1 unspecified atom stereocenters. The number of nitrogens with one attached hydrogen (secondary N) is 3. The highest BCUT2D eigenvalue weighted by Gasteiger charge is 2.27. The molecule has 0 saturated carbocycles. The number of aromatic nitrogens is 7. The first kappa shape index (κ1) is 17.6. The minimum Gasteiger partial charge on any atom is -0.354 e. The van der Waals surface area contributed by atoms with Crippen molar-refractivity contribution < 1.29 is 4.79 Å². The van der Waals surface area contributed by atoms with Crippen molar-refractivity contribution in [3.05, 3.63) is 51.8 Å². The van der Waals surface area contributed by atoms with Crippen LogP contribution in [0.15, 0.2) is 40.6 Å². The Labute approximate surface area is 157 Å². The number of piperidine rings is 1. The van der Waals surface area contributed by atoms with E-state index in [9.17, 15) is 14.4 Å². The van der Waals surface area contributed by atoms with Gasteiger partial charge in [-0.3, -0.25) is 14.6 Å². The molecule has 0 aromatic carbocycles. The number of carbonyl (C=O) groups excluding carboxylic acids is 1. The molecule has 12 heteroatoms. The van der Waals surface area contributed by atoms with Crippen LogP contribution in [0.5, 0.6) is 0 Å². The Morgan fingerprint density at radius 3 is 2.75 bits per heavy atom. The van der Waals surface area contributed by atoms with Crippen LogP contribution in [0.4, 0.5) is 11.5 Å². The summed E-state index contributed by atoms with van der Waals surface area (Å²) in [6, 6.07) is 3.59. The lowest BCUT2D eigenvalue weighted by molar-refractivity contribution is -0.120. The van der Waals surface area contributed by atoms with Crippen LogP contribution in [0.3, 0.4) is 0 Å². The van der Waals surface area contributed by atoms with Gasteiger partial charge >= 0.3 is 5.69 Å². The van der Waals surface area contributed by atoms with Gasteiger partial charge in [0.25, 0.3) is 5.56 Å². The van der Waals surface area contributed by atoms with E-state index in [1.165, 1.54) is 23.5 Å². The lowest BCUT2D eigenvalue weighted by Crippen LogP contribution is -2.42. The Balaban J connectivity index is 1.44. The van der Waals surface area contributed by atoms with Gasteiger partial charge in [0.15, 0.2) is 11.6 Å². The molecular formula is C16H17N9O3. The zero-order chi connectivity index (χ0) is 19.5. The molecule has 0 bridgehead atoms. The van der Waals surface area contributed by atoms with E-state index < -0.39 is 11.2 Å². The molecule has 1 fully saturated rings. The Morgan fingerprint density at radius 2 is 2.04 bits per heavy atom. The molecule has 4 rings (SSSR count). The zero-order valence-electron chi connectivity index (χ0n) is 14.7. The number of hydrogen-bond donors (Lipinski definition) is 3. The molecule has 1 aliphatic rings. The monoisotopic (exact) mass is 383 g/mol. The van der Waals surface area contributed by atoms with E-state index >= 15 is 0 Å². The molecule has 0 spiro atoms. The van der Waals surface area contributed by atoms with E-state index in [4.69, 9.17) is 0 Å². The fourth-order valence-corrected chi connectivity index (χ4v) is 3.07. The largest absolute Gasteiger partial charge is 0.354 e. The number of carbonyl (C=O) groups is 1. The number of hydrogen-bond acceptors (Lipinski definition) is 8. The molecule has 4 heterocycles. The molecule has 3 aromatic heterocycles. The molecule has 1 amide bonds. The topological polar surface area (TPSA) is 155 Å². The summed E-state index contributed by atoms with van der Waals surface area (Å²) >= 11 is 0. The van der Waals surface area contributed by atoms with Crippen LogP contribution < -0.4 is 21.5 Å². The predicted molar refractivity (Wildman–Crippen MR) is 98.2 cm³/mol. The first-order chi connectivity index (χ1) is 13.6. The van der Waals surface area contributed by atoms with Gasteiger partial charge in [0.05, 0.1) is 5.92 Å². The molecule has 1 atom stereocenters. The van der Waals surface area contributed by atoms with E-state index in [-0.39, 0.29) is 17.5 Å². The van der Waals surface area contributed by atoms with Gasteiger partial charge < -0.3 is 15.2 Å². The predicted octanol–water partition coefficient (Wildman–Crippen LogP) is -0.711. The van der Waals surface area contributed by atoms with Crippen molar-refractivity contribution in [3.8, 4) is 5.82 Å². The minimum absolute atomic E-state index is 0.0127. The van der Waals surface area contributed by atoms with Gasteiger partial charge in [-0.15, -0.1) is 10.2 Å². The summed E-state index contributed by atoms with van der Waals surface area (Å²) in [5.41, 5.74) is -1.25. The van der Waals surface area contributed by atoms with Gasteiger partial charge in [0.2, 0.25) is 5.91 Å². The molecule has 1 saturated heterocycles. The summed E-state index contributed by atoms with van der Waals surface area (Å²) in [4.78, 5) is 45.6. The summed E-state index contributed by atoms with van der Waals surface area (Å²) in [7, 11) is 0. The van der Waals surface area contributed by atoms with Crippen molar-refractivity contribution in [2.24, 2.45) is 5.92 Å². The van der Waals surface area contributed by atoms with Gasteiger partial charge in [-0.2, -0.15) is 5.10 Å². The highest BCUT2D eigenvalue weighted by atomic mass is 16.2. The van der Waals surface area contributed by atoms with Crippen LogP contribution >= 0.6 is 0 Å². The van der Waals surface area contributed by atoms with Crippen molar-refractivity contribution >= 4 is 17.4 Å². The van der Waals surface area contributed by atoms with Crippen LogP contribution in [-0.4, -0.2) is 53.9 Å². The second kappa shape index (κ2) is 7.42. The number of rotatable bonds is 4. The fourth-order valence-electron chi connectivity index (χ4n) is 3.07. The van der Waals surface area contributed by atoms with E-state index in [1.807, 2.05) is 11.0 Å². The third-order valence-corrected chi connectivity index (χ3v) is 4.48. The second-order valence-corrected chi connectivity index (χ2v) is 6.35. The minimum atomic E-state index is -0.640.